The summed E-state index contributed by atoms with van der Waals surface area (Å²) in [6, 6.07) is 1.65. The molecule has 1 aliphatic heterocycles. The number of nitrogens with zero attached hydrogens (tertiary/aromatic N) is 1. The van der Waals surface area contributed by atoms with Crippen LogP contribution in [0.25, 0.3) is 0 Å². The number of ether oxygens (including phenoxy) is 1. The lowest BCUT2D eigenvalue weighted by Gasteiger charge is -2.24. The van der Waals surface area contributed by atoms with E-state index in [4.69, 9.17) is 33.0 Å². The molecule has 1 atom stereocenters. The highest BCUT2D eigenvalue weighted by Crippen LogP contribution is 2.42. The fourth-order valence-electron chi connectivity index (χ4n) is 2.31. The van der Waals surface area contributed by atoms with Gasteiger partial charge in [0.1, 0.15) is 6.61 Å². The van der Waals surface area contributed by atoms with Gasteiger partial charge in [0.15, 0.2) is 0 Å². The first-order chi connectivity index (χ1) is 11.2. The summed E-state index contributed by atoms with van der Waals surface area (Å²) in [6.45, 7) is 0.505. The summed E-state index contributed by atoms with van der Waals surface area (Å²) in [4.78, 5) is 10.8. The Bertz CT molecular complexity index is 592. The zero-order chi connectivity index (χ0) is 17.9. The molecule has 0 radical (unpaired) electrons. The standard InChI is InChI=1S/C14H14Cl2F3NO3S/c15-10-4-8(14(17,18)19)5-11(16)13(10)24-20-3-1-2-9(20)6-23-7-12(21)22/h4-5,9H,1-3,6-7H2,(H,21,22). The maximum atomic E-state index is 12.8. The molecular weight excluding hydrogens is 390 g/mol. The Morgan fingerprint density at radius 1 is 1.38 bits per heavy atom. The zero-order valence-electron chi connectivity index (χ0n) is 12.3. The number of carboxylic acids is 1. The van der Waals surface area contributed by atoms with Crippen molar-refractivity contribution in [2.75, 3.05) is 19.8 Å². The second-order valence-electron chi connectivity index (χ2n) is 5.20. The van der Waals surface area contributed by atoms with E-state index in [2.05, 4.69) is 0 Å². The van der Waals surface area contributed by atoms with Crippen LogP contribution in [0.5, 0.6) is 0 Å². The largest absolute Gasteiger partial charge is 0.480 e. The molecular formula is C14H14Cl2F3NO3S. The minimum absolute atomic E-state index is 0.0521. The fourth-order valence-corrected chi connectivity index (χ4v) is 4.06. The van der Waals surface area contributed by atoms with Crippen molar-refractivity contribution in [1.82, 2.24) is 4.31 Å². The smallest absolute Gasteiger partial charge is 0.416 e. The Labute approximate surface area is 151 Å². The molecule has 1 N–H and O–H groups in total. The molecule has 1 saturated heterocycles. The predicted octanol–water partition coefficient (Wildman–Crippen LogP) is 4.58. The summed E-state index contributed by atoms with van der Waals surface area (Å²) in [5, 5.41) is 8.44. The second kappa shape index (κ2) is 8.14. The maximum absolute atomic E-state index is 12.8. The van der Waals surface area contributed by atoms with Crippen molar-refractivity contribution < 1.29 is 27.8 Å². The lowest BCUT2D eigenvalue weighted by Crippen LogP contribution is -2.28. The predicted molar refractivity (Wildman–Crippen MR) is 85.5 cm³/mol. The molecule has 1 aromatic rings. The van der Waals surface area contributed by atoms with Gasteiger partial charge in [-0.05, 0) is 36.9 Å². The van der Waals surface area contributed by atoms with E-state index in [-0.39, 0.29) is 22.7 Å². The van der Waals surface area contributed by atoms with E-state index in [1.54, 1.807) is 0 Å². The molecule has 1 heterocycles. The van der Waals surface area contributed by atoms with Crippen LogP contribution in [0.15, 0.2) is 17.0 Å². The third kappa shape index (κ3) is 5.16. The summed E-state index contributed by atoms with van der Waals surface area (Å²) in [5.74, 6) is -1.05. The first-order valence-corrected chi connectivity index (χ1v) is 8.52. The van der Waals surface area contributed by atoms with Gasteiger partial charge in [-0.15, -0.1) is 0 Å². The van der Waals surface area contributed by atoms with Crippen molar-refractivity contribution in [1.29, 1.82) is 0 Å². The average molecular weight is 404 g/mol. The molecule has 0 aromatic heterocycles. The number of hydrogen-bond acceptors (Lipinski definition) is 4. The Morgan fingerprint density at radius 2 is 2.00 bits per heavy atom. The van der Waals surface area contributed by atoms with Crippen LogP contribution in [0, 0.1) is 0 Å². The number of alkyl halides is 3. The number of carbonyl (C=O) groups is 1. The topological polar surface area (TPSA) is 49.8 Å². The molecule has 0 spiro atoms. The fraction of sp³-hybridized carbons (Fsp3) is 0.500. The van der Waals surface area contributed by atoms with Gasteiger partial charge in [-0.2, -0.15) is 13.2 Å². The van der Waals surface area contributed by atoms with E-state index >= 15 is 0 Å². The van der Waals surface area contributed by atoms with Crippen LogP contribution in [-0.4, -0.2) is 41.2 Å². The second-order valence-corrected chi connectivity index (χ2v) is 7.08. The molecule has 1 aromatic carbocycles. The highest BCUT2D eigenvalue weighted by molar-refractivity contribution is 7.97. The van der Waals surface area contributed by atoms with E-state index in [1.165, 1.54) is 11.9 Å². The molecule has 4 nitrogen and oxygen atoms in total. The summed E-state index contributed by atoms with van der Waals surface area (Å²) >= 11 is 13.1. The van der Waals surface area contributed by atoms with Crippen molar-refractivity contribution in [3.63, 3.8) is 0 Å². The summed E-state index contributed by atoms with van der Waals surface area (Å²) < 4.78 is 45.3. The Morgan fingerprint density at radius 3 is 2.54 bits per heavy atom. The van der Waals surface area contributed by atoms with Gasteiger partial charge in [0.05, 0.1) is 27.1 Å². The summed E-state index contributed by atoms with van der Waals surface area (Å²) in [7, 11) is 0. The van der Waals surface area contributed by atoms with Crippen LogP contribution < -0.4 is 0 Å². The molecule has 0 saturated carbocycles. The van der Waals surface area contributed by atoms with Gasteiger partial charge in [0.25, 0.3) is 0 Å². The molecule has 0 amide bonds. The lowest BCUT2D eigenvalue weighted by molar-refractivity contribution is -0.142. The minimum Gasteiger partial charge on any atom is -0.480 e. The molecule has 24 heavy (non-hydrogen) atoms. The van der Waals surface area contributed by atoms with Gasteiger partial charge < -0.3 is 9.84 Å². The van der Waals surface area contributed by atoms with Crippen LogP contribution in [-0.2, 0) is 15.7 Å². The Balaban J connectivity index is 2.08. The van der Waals surface area contributed by atoms with Gasteiger partial charge in [-0.1, -0.05) is 23.2 Å². The van der Waals surface area contributed by atoms with E-state index in [0.717, 1.165) is 25.0 Å². The van der Waals surface area contributed by atoms with E-state index in [1.807, 2.05) is 4.31 Å². The zero-order valence-corrected chi connectivity index (χ0v) is 14.6. The van der Waals surface area contributed by atoms with Gasteiger partial charge >= 0.3 is 12.1 Å². The number of aliphatic carboxylic acids is 1. The van der Waals surface area contributed by atoms with Crippen molar-refractivity contribution in [2.45, 2.75) is 30.0 Å². The third-order valence-corrected chi connectivity index (χ3v) is 5.55. The third-order valence-electron chi connectivity index (χ3n) is 3.39. The van der Waals surface area contributed by atoms with Crippen molar-refractivity contribution in [2.24, 2.45) is 0 Å². The number of halogens is 5. The molecule has 0 aliphatic carbocycles. The molecule has 2 rings (SSSR count). The van der Waals surface area contributed by atoms with Crippen LogP contribution in [0.4, 0.5) is 13.2 Å². The van der Waals surface area contributed by atoms with E-state index in [0.29, 0.717) is 11.4 Å². The SMILES string of the molecule is O=C(O)COCC1CCCN1Sc1c(Cl)cc(C(F)(F)F)cc1Cl. The Hall–Kier alpha value is -0.670. The van der Waals surface area contributed by atoms with Crippen LogP contribution in [0.3, 0.4) is 0 Å². The summed E-state index contributed by atoms with van der Waals surface area (Å²) in [5.41, 5.74) is -0.899. The number of benzene rings is 1. The summed E-state index contributed by atoms with van der Waals surface area (Å²) in [6.07, 6.45) is -2.86. The molecule has 1 fully saturated rings. The maximum Gasteiger partial charge on any atom is 0.416 e. The number of hydrogen-bond donors (Lipinski definition) is 1. The van der Waals surface area contributed by atoms with Crippen LogP contribution in [0.2, 0.25) is 10.0 Å². The average Bonchev–Trinajstić information content (AvgIpc) is 2.88. The van der Waals surface area contributed by atoms with Crippen molar-refractivity contribution in [3.05, 3.63) is 27.7 Å². The first kappa shape index (κ1) is 19.7. The molecule has 10 heteroatoms. The van der Waals surface area contributed by atoms with Gasteiger partial charge in [-0.25, -0.2) is 9.10 Å². The lowest BCUT2D eigenvalue weighted by atomic mass is 10.2. The van der Waals surface area contributed by atoms with Gasteiger partial charge in [0, 0.05) is 12.6 Å². The molecule has 1 aliphatic rings. The molecule has 1 unspecified atom stereocenters. The van der Waals surface area contributed by atoms with E-state index < -0.39 is 24.3 Å². The van der Waals surface area contributed by atoms with Crippen LogP contribution in [0.1, 0.15) is 18.4 Å². The van der Waals surface area contributed by atoms with Gasteiger partial charge in [-0.3, -0.25) is 0 Å². The number of rotatable bonds is 6. The minimum atomic E-state index is -4.52. The van der Waals surface area contributed by atoms with Crippen molar-refractivity contribution >= 4 is 41.1 Å². The molecule has 134 valence electrons. The first-order valence-electron chi connectivity index (χ1n) is 6.99. The van der Waals surface area contributed by atoms with E-state index in [9.17, 15) is 18.0 Å². The number of carboxylic acid groups (broad SMARTS) is 1. The Kier molecular flexibility index (Phi) is 6.66. The highest BCUT2D eigenvalue weighted by atomic mass is 35.5. The van der Waals surface area contributed by atoms with Gasteiger partial charge in [0.2, 0.25) is 0 Å². The van der Waals surface area contributed by atoms with Crippen molar-refractivity contribution in [3.8, 4) is 0 Å². The quantitative estimate of drug-likeness (QED) is 0.704. The van der Waals surface area contributed by atoms with Crippen LogP contribution >= 0.6 is 35.1 Å². The monoisotopic (exact) mass is 403 g/mol. The highest BCUT2D eigenvalue weighted by Gasteiger charge is 2.33. The molecule has 0 bridgehead atoms. The normalized spacial score (nSPS) is 19.0.